The zero-order chi connectivity index (χ0) is 9.80. The van der Waals surface area contributed by atoms with Crippen LogP contribution in [0.15, 0.2) is 18.5 Å². The van der Waals surface area contributed by atoms with Crippen LogP contribution in [-0.4, -0.2) is 40.4 Å². The monoisotopic (exact) mass is 194 g/mol. The van der Waals surface area contributed by atoms with Gasteiger partial charge in [0, 0.05) is 31.5 Å². The van der Waals surface area contributed by atoms with Crippen molar-refractivity contribution < 1.29 is 0 Å². The highest BCUT2D eigenvalue weighted by atomic mass is 15.3. The maximum atomic E-state index is 5.91. The van der Waals surface area contributed by atoms with Gasteiger partial charge in [-0.05, 0) is 25.5 Å². The van der Waals surface area contributed by atoms with E-state index in [4.69, 9.17) is 5.73 Å². The van der Waals surface area contributed by atoms with Crippen LogP contribution in [0.4, 0.5) is 0 Å². The fraction of sp³-hybridized carbons (Fsp3) is 0.700. The fourth-order valence-corrected chi connectivity index (χ4v) is 1.97. The lowest BCUT2D eigenvalue weighted by molar-refractivity contribution is 0.200. The van der Waals surface area contributed by atoms with Gasteiger partial charge in [0.05, 0.1) is 6.54 Å². The van der Waals surface area contributed by atoms with E-state index < -0.39 is 0 Å². The minimum Gasteiger partial charge on any atom is -0.327 e. The van der Waals surface area contributed by atoms with Crippen molar-refractivity contribution >= 4 is 0 Å². The third kappa shape index (κ3) is 2.56. The van der Waals surface area contributed by atoms with E-state index in [-0.39, 0.29) is 0 Å². The molecule has 1 aliphatic rings. The first-order valence-electron chi connectivity index (χ1n) is 5.30. The van der Waals surface area contributed by atoms with Crippen molar-refractivity contribution in [2.45, 2.75) is 25.4 Å². The maximum Gasteiger partial charge on any atom is 0.0536 e. The molecule has 0 bridgehead atoms. The van der Waals surface area contributed by atoms with E-state index in [1.807, 2.05) is 23.1 Å². The van der Waals surface area contributed by atoms with Gasteiger partial charge in [-0.15, -0.1) is 0 Å². The van der Waals surface area contributed by atoms with Gasteiger partial charge in [-0.3, -0.25) is 9.58 Å². The molecule has 1 aromatic heterocycles. The standard InChI is InChI=1S/C10H18N4/c11-10-3-1-5-13(9-10)7-8-14-6-2-4-12-14/h2,4,6,10H,1,3,5,7-9,11H2. The Labute approximate surface area is 84.7 Å². The average molecular weight is 194 g/mol. The number of hydrogen-bond acceptors (Lipinski definition) is 3. The van der Waals surface area contributed by atoms with Gasteiger partial charge < -0.3 is 5.73 Å². The first-order valence-corrected chi connectivity index (χ1v) is 5.30. The third-order valence-corrected chi connectivity index (χ3v) is 2.75. The normalized spacial score (nSPS) is 23.9. The second kappa shape index (κ2) is 4.57. The van der Waals surface area contributed by atoms with Crippen molar-refractivity contribution in [3.05, 3.63) is 18.5 Å². The highest BCUT2D eigenvalue weighted by molar-refractivity contribution is 4.79. The molecule has 1 atom stereocenters. The van der Waals surface area contributed by atoms with E-state index in [1.54, 1.807) is 0 Å². The summed E-state index contributed by atoms with van der Waals surface area (Å²) in [5, 5.41) is 4.18. The van der Waals surface area contributed by atoms with Gasteiger partial charge in [0.25, 0.3) is 0 Å². The van der Waals surface area contributed by atoms with Crippen LogP contribution in [0.25, 0.3) is 0 Å². The van der Waals surface area contributed by atoms with Crippen molar-refractivity contribution in [2.24, 2.45) is 5.73 Å². The molecular weight excluding hydrogens is 176 g/mol. The van der Waals surface area contributed by atoms with E-state index in [1.165, 1.54) is 19.4 Å². The zero-order valence-electron chi connectivity index (χ0n) is 8.47. The molecule has 0 radical (unpaired) electrons. The summed E-state index contributed by atoms with van der Waals surface area (Å²) in [7, 11) is 0. The Morgan fingerprint density at radius 2 is 2.36 bits per heavy atom. The number of nitrogens with two attached hydrogens (primary N) is 1. The molecule has 0 saturated carbocycles. The summed E-state index contributed by atoms with van der Waals surface area (Å²) in [5.74, 6) is 0. The Morgan fingerprint density at radius 3 is 3.07 bits per heavy atom. The van der Waals surface area contributed by atoms with Gasteiger partial charge in [-0.1, -0.05) is 0 Å². The van der Waals surface area contributed by atoms with Gasteiger partial charge in [-0.25, -0.2) is 0 Å². The van der Waals surface area contributed by atoms with Crippen molar-refractivity contribution in [1.29, 1.82) is 0 Å². The first kappa shape index (κ1) is 9.68. The number of likely N-dealkylation sites (tertiary alicyclic amines) is 1. The predicted molar refractivity (Wildman–Crippen MR) is 55.9 cm³/mol. The quantitative estimate of drug-likeness (QED) is 0.753. The molecule has 2 heterocycles. The molecule has 1 aromatic rings. The molecule has 2 rings (SSSR count). The van der Waals surface area contributed by atoms with Crippen LogP contribution >= 0.6 is 0 Å². The number of aromatic nitrogens is 2. The Hall–Kier alpha value is -0.870. The summed E-state index contributed by atoms with van der Waals surface area (Å²) in [5.41, 5.74) is 5.91. The number of hydrogen-bond donors (Lipinski definition) is 1. The molecule has 1 aliphatic heterocycles. The van der Waals surface area contributed by atoms with Gasteiger partial charge in [-0.2, -0.15) is 5.10 Å². The molecule has 0 spiro atoms. The number of piperidine rings is 1. The molecule has 78 valence electrons. The summed E-state index contributed by atoms with van der Waals surface area (Å²) >= 11 is 0. The van der Waals surface area contributed by atoms with Gasteiger partial charge in [0.1, 0.15) is 0 Å². The van der Waals surface area contributed by atoms with Crippen LogP contribution < -0.4 is 5.73 Å². The maximum absolute atomic E-state index is 5.91. The van der Waals surface area contributed by atoms with Crippen LogP contribution in [0.3, 0.4) is 0 Å². The van der Waals surface area contributed by atoms with E-state index in [0.29, 0.717) is 6.04 Å². The predicted octanol–water partition coefficient (Wildman–Crippen LogP) is 0.306. The molecule has 4 heteroatoms. The number of nitrogens with zero attached hydrogens (tertiary/aromatic N) is 3. The largest absolute Gasteiger partial charge is 0.327 e. The number of rotatable bonds is 3. The summed E-state index contributed by atoms with van der Waals surface area (Å²) in [4.78, 5) is 2.43. The van der Waals surface area contributed by atoms with Crippen molar-refractivity contribution in [3.8, 4) is 0 Å². The van der Waals surface area contributed by atoms with E-state index >= 15 is 0 Å². The van der Waals surface area contributed by atoms with Crippen LogP contribution in [0, 0.1) is 0 Å². The summed E-state index contributed by atoms with van der Waals surface area (Å²) in [6.45, 7) is 4.27. The van der Waals surface area contributed by atoms with E-state index in [2.05, 4.69) is 10.00 Å². The second-order valence-electron chi connectivity index (χ2n) is 3.97. The van der Waals surface area contributed by atoms with Crippen molar-refractivity contribution in [3.63, 3.8) is 0 Å². The van der Waals surface area contributed by atoms with Crippen molar-refractivity contribution in [1.82, 2.24) is 14.7 Å². The highest BCUT2D eigenvalue weighted by Crippen LogP contribution is 2.07. The van der Waals surface area contributed by atoms with Gasteiger partial charge in [0.15, 0.2) is 0 Å². The van der Waals surface area contributed by atoms with E-state index in [0.717, 1.165) is 19.6 Å². The molecule has 2 N–H and O–H groups in total. The zero-order valence-corrected chi connectivity index (χ0v) is 8.47. The first-order chi connectivity index (χ1) is 6.84. The molecule has 14 heavy (non-hydrogen) atoms. The molecule has 0 amide bonds. The average Bonchev–Trinajstić information content (AvgIpc) is 2.67. The Bertz CT molecular complexity index is 257. The molecule has 4 nitrogen and oxygen atoms in total. The van der Waals surface area contributed by atoms with Crippen LogP contribution in [0.2, 0.25) is 0 Å². The fourth-order valence-electron chi connectivity index (χ4n) is 1.97. The minimum atomic E-state index is 0.376. The van der Waals surface area contributed by atoms with Crippen LogP contribution in [-0.2, 0) is 6.54 Å². The van der Waals surface area contributed by atoms with Crippen LogP contribution in [0.1, 0.15) is 12.8 Å². The van der Waals surface area contributed by atoms with Crippen LogP contribution in [0.5, 0.6) is 0 Å². The Morgan fingerprint density at radius 1 is 1.43 bits per heavy atom. The SMILES string of the molecule is NC1CCCN(CCn2cccn2)C1. The highest BCUT2D eigenvalue weighted by Gasteiger charge is 2.15. The van der Waals surface area contributed by atoms with Crippen molar-refractivity contribution in [2.75, 3.05) is 19.6 Å². The lowest BCUT2D eigenvalue weighted by atomic mass is 10.1. The molecule has 0 aliphatic carbocycles. The van der Waals surface area contributed by atoms with Gasteiger partial charge >= 0.3 is 0 Å². The van der Waals surface area contributed by atoms with Gasteiger partial charge in [0.2, 0.25) is 0 Å². The lowest BCUT2D eigenvalue weighted by Gasteiger charge is -2.30. The molecule has 1 fully saturated rings. The third-order valence-electron chi connectivity index (χ3n) is 2.75. The minimum absolute atomic E-state index is 0.376. The summed E-state index contributed by atoms with van der Waals surface area (Å²) in [6, 6.07) is 2.34. The second-order valence-corrected chi connectivity index (χ2v) is 3.97. The Balaban J connectivity index is 1.75. The van der Waals surface area contributed by atoms with E-state index in [9.17, 15) is 0 Å². The topological polar surface area (TPSA) is 47.1 Å². The molecule has 1 unspecified atom stereocenters. The summed E-state index contributed by atoms with van der Waals surface area (Å²) < 4.78 is 1.97. The Kier molecular flexibility index (Phi) is 3.16. The lowest BCUT2D eigenvalue weighted by Crippen LogP contribution is -2.43. The molecule has 1 saturated heterocycles. The molecular formula is C10H18N4. The summed E-state index contributed by atoms with van der Waals surface area (Å²) in [6.07, 6.45) is 6.24. The molecule has 0 aromatic carbocycles. The smallest absolute Gasteiger partial charge is 0.0536 e.